The fourth-order valence-corrected chi connectivity index (χ4v) is 8.31. The smallest absolute Gasteiger partial charge is 0.166 e. The van der Waals surface area contributed by atoms with E-state index in [1.165, 1.54) is 0 Å². The fraction of sp³-hybridized carbons (Fsp3) is 0.176. The highest BCUT2D eigenvalue weighted by molar-refractivity contribution is 7.80. The first-order chi connectivity index (χ1) is 22.4. The van der Waals surface area contributed by atoms with E-state index in [0.29, 0.717) is 33.6 Å². The maximum atomic E-state index is 4.96. The minimum absolute atomic E-state index is 0.0981. The summed E-state index contributed by atoms with van der Waals surface area (Å²) in [5.74, 6) is 0. The first kappa shape index (κ1) is 29.6. The Morgan fingerprint density at radius 2 is 0.891 bits per heavy atom. The Labute approximate surface area is 287 Å². The van der Waals surface area contributed by atoms with Crippen molar-refractivity contribution in [3.05, 3.63) is 97.1 Å². The van der Waals surface area contributed by atoms with Gasteiger partial charge in [-0.3, -0.25) is 0 Å². The zero-order valence-corrected chi connectivity index (χ0v) is 28.3. The number of hydrogen-bond donors (Lipinski definition) is 4. The Kier molecular flexibility index (Phi) is 7.55. The number of fused-ring (bicyclic) bond motifs is 4. The van der Waals surface area contributed by atoms with Crippen LogP contribution in [0.2, 0.25) is 0 Å². The molecule has 4 heterocycles. The van der Waals surface area contributed by atoms with Crippen LogP contribution in [-0.2, 0) is 6.54 Å². The summed E-state index contributed by atoms with van der Waals surface area (Å²) in [7, 11) is 0. The minimum Gasteiger partial charge on any atom is -0.317 e. The number of nitrogens with zero attached hydrogens (tertiary/aromatic N) is 8. The second-order valence-electron chi connectivity index (χ2n) is 11.5. The van der Waals surface area contributed by atoms with Crippen LogP contribution in [0.5, 0.6) is 0 Å². The zero-order chi connectivity index (χ0) is 31.5. The quantitative estimate of drug-likeness (QED) is 0.122. The van der Waals surface area contributed by atoms with Crippen molar-refractivity contribution < 1.29 is 0 Å². The second kappa shape index (κ2) is 11.8. The molecule has 0 radical (unpaired) electrons. The molecule has 0 spiro atoms. The SMILES string of the molecule is CC(C(CC(Cn1c(S)nc2ccccc21)n1c(S)nc2ccccc21)n1c(S)nc2ccccc21)n1c(S)nc2ccccc21. The molecule has 0 N–H and O–H groups in total. The van der Waals surface area contributed by atoms with Crippen molar-refractivity contribution >= 4 is 94.6 Å². The Morgan fingerprint density at radius 1 is 0.500 bits per heavy atom. The summed E-state index contributed by atoms with van der Waals surface area (Å²) in [6, 6.07) is 32.3. The molecule has 230 valence electrons. The van der Waals surface area contributed by atoms with Gasteiger partial charge in [-0.25, -0.2) is 19.9 Å². The largest absolute Gasteiger partial charge is 0.317 e. The van der Waals surface area contributed by atoms with E-state index >= 15 is 0 Å². The number of benzene rings is 4. The molecule has 3 unspecified atom stereocenters. The Morgan fingerprint density at radius 3 is 1.46 bits per heavy atom. The molecule has 8 rings (SSSR count). The number of rotatable bonds is 8. The second-order valence-corrected chi connectivity index (χ2v) is 13.1. The van der Waals surface area contributed by atoms with E-state index in [1.54, 1.807) is 0 Å². The van der Waals surface area contributed by atoms with Crippen LogP contribution >= 0.6 is 50.5 Å². The van der Waals surface area contributed by atoms with Crippen molar-refractivity contribution in [3.63, 3.8) is 0 Å². The minimum atomic E-state index is -0.138. The van der Waals surface area contributed by atoms with Gasteiger partial charge < -0.3 is 18.3 Å². The average molecular weight is 679 g/mol. The first-order valence-corrected chi connectivity index (χ1v) is 16.8. The van der Waals surface area contributed by atoms with Crippen LogP contribution in [0.1, 0.15) is 31.5 Å². The molecule has 0 aliphatic heterocycles. The lowest BCUT2D eigenvalue weighted by molar-refractivity contribution is 0.249. The third-order valence-electron chi connectivity index (χ3n) is 8.93. The van der Waals surface area contributed by atoms with Gasteiger partial charge in [0.15, 0.2) is 20.6 Å². The molecule has 0 fully saturated rings. The predicted octanol–water partition coefficient (Wildman–Crippen LogP) is 8.37. The molecule has 4 aromatic heterocycles. The van der Waals surface area contributed by atoms with Crippen LogP contribution in [0, 0.1) is 0 Å². The predicted molar refractivity (Wildman–Crippen MR) is 195 cm³/mol. The molecule has 8 aromatic rings. The first-order valence-electron chi connectivity index (χ1n) is 15.0. The van der Waals surface area contributed by atoms with Crippen molar-refractivity contribution in [1.82, 2.24) is 38.2 Å². The number of aromatic nitrogens is 8. The van der Waals surface area contributed by atoms with Crippen molar-refractivity contribution in [2.75, 3.05) is 0 Å². The number of para-hydroxylation sites is 8. The van der Waals surface area contributed by atoms with E-state index in [9.17, 15) is 0 Å². The van der Waals surface area contributed by atoms with Gasteiger partial charge in [-0.05, 0) is 61.9 Å². The van der Waals surface area contributed by atoms with E-state index in [1.807, 2.05) is 72.8 Å². The van der Waals surface area contributed by atoms with Gasteiger partial charge in [0.25, 0.3) is 0 Å². The van der Waals surface area contributed by atoms with Crippen molar-refractivity contribution in [1.29, 1.82) is 0 Å². The maximum absolute atomic E-state index is 4.96. The standard InChI is InChI=1S/C34H30N8S4/c1-20(40-27-15-7-3-11-23(27)36-32(40)44)30(42-29-17-9-5-13-25(29)38-34(42)46)18-21(41-28-16-8-4-12-24(28)37-33(41)45)19-39-26-14-6-2-10-22(26)35-31(39)43/h2-17,20-21,30H,18-19H2,1H3,(H,35,43)(H,36,44)(H,37,45)(H,38,46). The molecular formula is C34H30N8S4. The number of imidazole rings is 4. The normalized spacial score (nSPS) is 14.1. The molecule has 0 saturated carbocycles. The van der Waals surface area contributed by atoms with Gasteiger partial charge in [-0.2, -0.15) is 0 Å². The highest BCUT2D eigenvalue weighted by Crippen LogP contribution is 2.41. The van der Waals surface area contributed by atoms with Crippen LogP contribution in [0.25, 0.3) is 44.1 Å². The molecule has 0 amide bonds. The van der Waals surface area contributed by atoms with Crippen LogP contribution in [0.15, 0.2) is 118 Å². The van der Waals surface area contributed by atoms with Gasteiger partial charge in [0.05, 0.1) is 62.3 Å². The monoisotopic (exact) mass is 678 g/mol. The van der Waals surface area contributed by atoms with E-state index < -0.39 is 0 Å². The van der Waals surface area contributed by atoms with Gasteiger partial charge in [0.2, 0.25) is 0 Å². The van der Waals surface area contributed by atoms with E-state index in [4.69, 9.17) is 70.5 Å². The average Bonchev–Trinajstić information content (AvgIpc) is 3.77. The lowest BCUT2D eigenvalue weighted by Crippen LogP contribution is -2.27. The molecule has 3 atom stereocenters. The van der Waals surface area contributed by atoms with Gasteiger partial charge in [0, 0.05) is 6.54 Å². The zero-order valence-electron chi connectivity index (χ0n) is 24.8. The summed E-state index contributed by atoms with van der Waals surface area (Å²) >= 11 is 19.6. The Bertz CT molecular complexity index is 2390. The molecule has 0 aliphatic rings. The maximum Gasteiger partial charge on any atom is 0.166 e. The van der Waals surface area contributed by atoms with Gasteiger partial charge in [-0.15, -0.1) is 50.5 Å². The third-order valence-corrected chi connectivity index (χ3v) is 10.2. The number of hydrogen-bond acceptors (Lipinski definition) is 8. The summed E-state index contributed by atoms with van der Waals surface area (Å²) in [6.45, 7) is 2.81. The molecule has 4 aromatic carbocycles. The summed E-state index contributed by atoms with van der Waals surface area (Å²) in [4.78, 5) is 19.3. The van der Waals surface area contributed by atoms with Crippen molar-refractivity contribution in [3.8, 4) is 0 Å². The molecule has 12 heteroatoms. The molecule has 0 bridgehead atoms. The van der Waals surface area contributed by atoms with Crippen molar-refractivity contribution in [2.24, 2.45) is 0 Å². The highest BCUT2D eigenvalue weighted by atomic mass is 32.1. The van der Waals surface area contributed by atoms with Crippen LogP contribution in [-0.4, -0.2) is 38.2 Å². The Hall–Kier alpha value is -3.84. The van der Waals surface area contributed by atoms with E-state index in [-0.39, 0.29) is 18.1 Å². The molecule has 0 saturated heterocycles. The molecule has 0 aliphatic carbocycles. The van der Waals surface area contributed by atoms with Crippen LogP contribution < -0.4 is 0 Å². The van der Waals surface area contributed by atoms with Gasteiger partial charge in [0.1, 0.15) is 0 Å². The molecule has 8 nitrogen and oxygen atoms in total. The summed E-state index contributed by atoms with van der Waals surface area (Å²) in [6.07, 6.45) is 0.669. The van der Waals surface area contributed by atoms with Crippen LogP contribution in [0.3, 0.4) is 0 Å². The topological polar surface area (TPSA) is 71.3 Å². The summed E-state index contributed by atoms with van der Waals surface area (Å²) < 4.78 is 8.89. The molecular weight excluding hydrogens is 649 g/mol. The van der Waals surface area contributed by atoms with Gasteiger partial charge >= 0.3 is 0 Å². The fourth-order valence-electron chi connectivity index (χ4n) is 6.87. The summed E-state index contributed by atoms with van der Waals surface area (Å²) in [5.41, 5.74) is 7.66. The lowest BCUT2D eigenvalue weighted by Gasteiger charge is -2.33. The lowest BCUT2D eigenvalue weighted by atomic mass is 9.98. The third kappa shape index (κ3) is 4.90. The van der Waals surface area contributed by atoms with E-state index in [0.717, 1.165) is 44.1 Å². The Balaban J connectivity index is 1.35. The highest BCUT2D eigenvalue weighted by Gasteiger charge is 2.32. The van der Waals surface area contributed by atoms with Crippen LogP contribution in [0.4, 0.5) is 0 Å². The van der Waals surface area contributed by atoms with E-state index in [2.05, 4.69) is 49.5 Å². The van der Waals surface area contributed by atoms with Gasteiger partial charge in [-0.1, -0.05) is 48.5 Å². The van der Waals surface area contributed by atoms with Crippen molar-refractivity contribution in [2.45, 2.75) is 58.6 Å². The number of thiol groups is 4. The molecule has 46 heavy (non-hydrogen) atoms. The summed E-state index contributed by atoms with van der Waals surface area (Å²) in [5, 5.41) is 2.60.